The fourth-order valence-electron chi connectivity index (χ4n) is 1.39. The second kappa shape index (κ2) is 1.94. The van der Waals surface area contributed by atoms with E-state index in [4.69, 9.17) is 12.2 Å². The van der Waals surface area contributed by atoms with E-state index in [0.717, 1.165) is 4.77 Å². The lowest BCUT2D eigenvalue weighted by molar-refractivity contribution is 0.536. The van der Waals surface area contributed by atoms with Crippen LogP contribution in [-0.4, -0.2) is 14.8 Å². The molecule has 0 saturated heterocycles. The molecule has 0 aliphatic heterocycles. The van der Waals surface area contributed by atoms with Gasteiger partial charge in [0.15, 0.2) is 4.77 Å². The zero-order valence-corrected chi connectivity index (χ0v) is 7.48. The lowest BCUT2D eigenvalue weighted by atomic mass is 10.2. The first-order valence-electron chi connectivity index (χ1n) is 3.73. The van der Waals surface area contributed by atoms with E-state index in [1.54, 1.807) is 6.33 Å². The lowest BCUT2D eigenvalue weighted by Crippen LogP contribution is -1.98. The maximum absolute atomic E-state index is 5.05. The Morgan fingerprint density at radius 3 is 2.82 bits per heavy atom. The third-order valence-corrected chi connectivity index (χ3v) is 2.68. The Labute approximate surface area is 70.4 Å². The van der Waals surface area contributed by atoms with Crippen molar-refractivity contribution in [2.75, 3.05) is 0 Å². The number of nitrogens with one attached hydrogen (secondary N) is 1. The number of aromatic amines is 1. The van der Waals surface area contributed by atoms with E-state index < -0.39 is 0 Å². The van der Waals surface area contributed by atoms with Gasteiger partial charge in [-0.1, -0.05) is 13.8 Å². The van der Waals surface area contributed by atoms with E-state index in [0.29, 0.717) is 11.5 Å². The molecule has 0 amide bonds. The second-order valence-corrected chi connectivity index (χ2v) is 4.16. The molecule has 3 nitrogen and oxygen atoms in total. The minimum absolute atomic E-state index is 0.419. The first-order chi connectivity index (χ1) is 5.11. The predicted molar refractivity (Wildman–Crippen MR) is 44.8 cm³/mol. The Morgan fingerprint density at radius 2 is 2.45 bits per heavy atom. The van der Waals surface area contributed by atoms with Crippen LogP contribution >= 0.6 is 12.2 Å². The number of hydrogen-bond donors (Lipinski definition) is 1. The number of hydrogen-bond acceptors (Lipinski definition) is 2. The molecule has 0 bridgehead atoms. The molecule has 60 valence electrons. The predicted octanol–water partition coefficient (Wildman–Crippen LogP) is 1.91. The van der Waals surface area contributed by atoms with Gasteiger partial charge in [-0.3, -0.25) is 5.10 Å². The first-order valence-corrected chi connectivity index (χ1v) is 4.13. The van der Waals surface area contributed by atoms with Gasteiger partial charge in [0.1, 0.15) is 6.33 Å². The van der Waals surface area contributed by atoms with Crippen LogP contribution in [0.4, 0.5) is 0 Å². The number of rotatable bonds is 1. The van der Waals surface area contributed by atoms with Crippen molar-refractivity contribution >= 4 is 12.2 Å². The summed E-state index contributed by atoms with van der Waals surface area (Å²) in [4.78, 5) is 0. The van der Waals surface area contributed by atoms with E-state index in [9.17, 15) is 0 Å². The summed E-state index contributed by atoms with van der Waals surface area (Å²) in [6, 6.07) is 0.564. The maximum Gasteiger partial charge on any atom is 0.195 e. The Kier molecular flexibility index (Phi) is 1.24. The molecule has 1 aromatic heterocycles. The van der Waals surface area contributed by atoms with Crippen molar-refractivity contribution < 1.29 is 0 Å². The molecule has 1 aliphatic rings. The van der Waals surface area contributed by atoms with Crippen molar-refractivity contribution in [3.8, 4) is 0 Å². The van der Waals surface area contributed by atoms with Crippen LogP contribution in [0.15, 0.2) is 6.33 Å². The molecule has 11 heavy (non-hydrogen) atoms. The topological polar surface area (TPSA) is 33.6 Å². The van der Waals surface area contributed by atoms with Gasteiger partial charge in [-0.25, -0.2) is 0 Å². The molecule has 1 N–H and O–H groups in total. The van der Waals surface area contributed by atoms with Gasteiger partial charge < -0.3 is 4.57 Å². The van der Waals surface area contributed by atoms with Crippen molar-refractivity contribution in [1.82, 2.24) is 14.8 Å². The molecule has 0 aromatic carbocycles. The molecule has 2 rings (SSSR count). The van der Waals surface area contributed by atoms with E-state index in [1.807, 2.05) is 4.57 Å². The van der Waals surface area contributed by atoms with Gasteiger partial charge in [0.05, 0.1) is 0 Å². The number of aromatic nitrogens is 3. The molecule has 1 aromatic rings. The minimum atomic E-state index is 0.419. The van der Waals surface area contributed by atoms with Crippen LogP contribution in [0.25, 0.3) is 0 Å². The number of H-pyrrole nitrogens is 1. The van der Waals surface area contributed by atoms with Crippen LogP contribution in [0.2, 0.25) is 0 Å². The van der Waals surface area contributed by atoms with Gasteiger partial charge in [0.25, 0.3) is 0 Å². The van der Waals surface area contributed by atoms with Crippen molar-refractivity contribution in [2.24, 2.45) is 5.41 Å². The summed E-state index contributed by atoms with van der Waals surface area (Å²) < 4.78 is 2.77. The molecule has 1 saturated carbocycles. The van der Waals surface area contributed by atoms with Gasteiger partial charge >= 0.3 is 0 Å². The molecular formula is C7H11N3S. The van der Waals surface area contributed by atoms with Gasteiger partial charge in [-0.15, -0.1) is 0 Å². The van der Waals surface area contributed by atoms with Crippen molar-refractivity contribution in [2.45, 2.75) is 26.3 Å². The quantitative estimate of drug-likeness (QED) is 0.651. The molecule has 4 heteroatoms. The Hall–Kier alpha value is -0.640. The van der Waals surface area contributed by atoms with Gasteiger partial charge in [0, 0.05) is 6.04 Å². The van der Waals surface area contributed by atoms with Crippen molar-refractivity contribution in [3.63, 3.8) is 0 Å². The van der Waals surface area contributed by atoms with Crippen LogP contribution in [0.3, 0.4) is 0 Å². The second-order valence-electron chi connectivity index (χ2n) is 3.78. The summed E-state index contributed by atoms with van der Waals surface area (Å²) in [5, 5.41) is 6.64. The highest BCUT2D eigenvalue weighted by atomic mass is 32.1. The van der Waals surface area contributed by atoms with Crippen LogP contribution in [0.1, 0.15) is 26.3 Å². The van der Waals surface area contributed by atoms with E-state index in [2.05, 4.69) is 24.0 Å². The van der Waals surface area contributed by atoms with Gasteiger partial charge in [-0.05, 0) is 24.1 Å². The zero-order chi connectivity index (χ0) is 8.06. The molecule has 1 atom stereocenters. The van der Waals surface area contributed by atoms with Crippen molar-refractivity contribution in [1.29, 1.82) is 0 Å². The summed E-state index contributed by atoms with van der Waals surface area (Å²) in [6.07, 6.45) is 2.99. The van der Waals surface area contributed by atoms with E-state index in [-0.39, 0.29) is 0 Å². The summed E-state index contributed by atoms with van der Waals surface area (Å²) in [5.74, 6) is 0. The Balaban J connectivity index is 2.34. The van der Waals surface area contributed by atoms with E-state index >= 15 is 0 Å². The van der Waals surface area contributed by atoms with Crippen LogP contribution in [-0.2, 0) is 0 Å². The fraction of sp³-hybridized carbons (Fsp3) is 0.714. The van der Waals surface area contributed by atoms with Crippen molar-refractivity contribution in [3.05, 3.63) is 11.1 Å². The van der Waals surface area contributed by atoms with Gasteiger partial charge in [0.2, 0.25) is 0 Å². The normalized spacial score (nSPS) is 26.9. The Morgan fingerprint density at radius 1 is 1.82 bits per heavy atom. The monoisotopic (exact) mass is 169 g/mol. The summed E-state index contributed by atoms with van der Waals surface area (Å²) in [6.45, 7) is 4.49. The highest BCUT2D eigenvalue weighted by molar-refractivity contribution is 7.71. The largest absolute Gasteiger partial charge is 0.303 e. The molecule has 1 heterocycles. The first kappa shape index (κ1) is 7.03. The Bertz CT molecular complexity index is 322. The highest BCUT2D eigenvalue weighted by Crippen LogP contribution is 2.55. The number of nitrogens with zero attached hydrogens (tertiary/aromatic N) is 2. The fourth-order valence-corrected chi connectivity index (χ4v) is 1.62. The summed E-state index contributed by atoms with van der Waals surface area (Å²) >= 11 is 5.05. The molecule has 1 unspecified atom stereocenters. The highest BCUT2D eigenvalue weighted by Gasteiger charge is 2.47. The average Bonchev–Trinajstić information content (AvgIpc) is 2.38. The van der Waals surface area contributed by atoms with Gasteiger partial charge in [-0.2, -0.15) is 5.10 Å². The van der Waals surface area contributed by atoms with Crippen LogP contribution in [0, 0.1) is 10.2 Å². The lowest BCUT2D eigenvalue weighted by Gasteiger charge is -2.01. The maximum atomic E-state index is 5.05. The summed E-state index contributed by atoms with van der Waals surface area (Å²) in [7, 11) is 0. The standard InChI is InChI=1S/C7H11N3S/c1-7(2)3-5(7)10-4-8-9-6(10)11/h4-5H,3H2,1-2H3,(H,9,11). The zero-order valence-electron chi connectivity index (χ0n) is 6.66. The molecule has 1 aliphatic carbocycles. The molecular weight excluding hydrogens is 158 g/mol. The van der Waals surface area contributed by atoms with Crippen LogP contribution in [0.5, 0.6) is 0 Å². The average molecular weight is 169 g/mol. The van der Waals surface area contributed by atoms with E-state index in [1.165, 1.54) is 6.42 Å². The van der Waals surface area contributed by atoms with Crippen LogP contribution < -0.4 is 0 Å². The third kappa shape index (κ3) is 1.01. The smallest absolute Gasteiger partial charge is 0.195 e. The molecule has 0 spiro atoms. The SMILES string of the molecule is CC1(C)CC1n1cn[nH]c1=S. The summed E-state index contributed by atoms with van der Waals surface area (Å²) in [5.41, 5.74) is 0.419. The minimum Gasteiger partial charge on any atom is -0.303 e. The third-order valence-electron chi connectivity index (χ3n) is 2.37. The molecule has 1 fully saturated rings. The molecule has 0 radical (unpaired) electrons.